The molecule has 0 spiro atoms. The number of hydrogen-bond acceptors (Lipinski definition) is 3. The molecule has 0 aromatic heterocycles. The number of ether oxygens (including phenoxy) is 2. The quantitative estimate of drug-likeness (QED) is 0.923. The molecule has 3 nitrogen and oxygen atoms in total. The van der Waals surface area contributed by atoms with Gasteiger partial charge in [-0.05, 0) is 49.1 Å². The van der Waals surface area contributed by atoms with Crippen LogP contribution in [0.4, 0.5) is 0 Å². The zero-order chi connectivity index (χ0) is 13.1. The van der Waals surface area contributed by atoms with Crippen molar-refractivity contribution in [2.75, 3.05) is 26.3 Å². The summed E-state index contributed by atoms with van der Waals surface area (Å²) in [7, 11) is 0. The minimum atomic E-state index is 0.282. The molecule has 1 saturated heterocycles. The molecule has 0 aliphatic carbocycles. The lowest BCUT2D eigenvalue weighted by atomic mass is 10.0. The van der Waals surface area contributed by atoms with E-state index >= 15 is 0 Å². The van der Waals surface area contributed by atoms with E-state index in [4.69, 9.17) is 9.47 Å². The fourth-order valence-electron chi connectivity index (χ4n) is 2.80. The lowest BCUT2D eigenvalue weighted by molar-refractivity contribution is 0.0655. The van der Waals surface area contributed by atoms with Gasteiger partial charge in [0, 0.05) is 30.7 Å². The number of hydrogen-bond donors (Lipinski definition) is 1. The molecule has 1 N–H and O–H groups in total. The molecule has 4 heteroatoms. The van der Waals surface area contributed by atoms with Crippen LogP contribution in [0.15, 0.2) is 22.7 Å². The Hall–Kier alpha value is -0.580. The Labute approximate surface area is 122 Å². The molecule has 1 aromatic rings. The molecule has 1 atom stereocenters. The molecule has 104 valence electrons. The van der Waals surface area contributed by atoms with Crippen molar-refractivity contribution in [1.29, 1.82) is 0 Å². The van der Waals surface area contributed by atoms with Crippen molar-refractivity contribution in [1.82, 2.24) is 5.32 Å². The second-order valence-electron chi connectivity index (χ2n) is 5.41. The fraction of sp³-hybridized carbons (Fsp3) is 0.600. The first-order valence-electron chi connectivity index (χ1n) is 7.05. The highest BCUT2D eigenvalue weighted by atomic mass is 79.9. The number of halogens is 1. The molecule has 0 radical (unpaired) electrons. The van der Waals surface area contributed by atoms with Crippen molar-refractivity contribution >= 4 is 15.9 Å². The van der Waals surface area contributed by atoms with Gasteiger partial charge in [-0.3, -0.25) is 0 Å². The normalized spacial score (nSPS) is 23.1. The first-order valence-corrected chi connectivity index (χ1v) is 7.84. The fourth-order valence-corrected chi connectivity index (χ4v) is 3.21. The molecule has 2 aliphatic rings. The van der Waals surface area contributed by atoms with Gasteiger partial charge in [0.2, 0.25) is 0 Å². The lowest BCUT2D eigenvalue weighted by Crippen LogP contribution is -2.35. The lowest BCUT2D eigenvalue weighted by Gasteiger charge is -2.23. The van der Waals surface area contributed by atoms with Crippen LogP contribution < -0.4 is 10.1 Å². The summed E-state index contributed by atoms with van der Waals surface area (Å²) in [5.41, 5.74) is 1.31. The van der Waals surface area contributed by atoms with E-state index in [-0.39, 0.29) is 6.10 Å². The standard InChI is InChI=1S/C15H20BrNO2/c16-13-1-2-15-12(7-13)8-14(19-15)10-17-9-11-3-5-18-6-4-11/h1-2,7,11,14,17H,3-6,8-10H2. The molecule has 2 aliphatic heterocycles. The predicted octanol–water partition coefficient (Wildman–Crippen LogP) is 2.77. The van der Waals surface area contributed by atoms with Crippen LogP contribution in [0.3, 0.4) is 0 Å². The molecule has 3 rings (SSSR count). The largest absolute Gasteiger partial charge is 0.488 e. The van der Waals surface area contributed by atoms with Crippen molar-refractivity contribution in [3.05, 3.63) is 28.2 Å². The van der Waals surface area contributed by atoms with Gasteiger partial charge in [-0.25, -0.2) is 0 Å². The van der Waals surface area contributed by atoms with Gasteiger partial charge in [0.05, 0.1) is 0 Å². The molecule has 19 heavy (non-hydrogen) atoms. The molecule has 0 saturated carbocycles. The maximum Gasteiger partial charge on any atom is 0.123 e. The second-order valence-corrected chi connectivity index (χ2v) is 6.33. The summed E-state index contributed by atoms with van der Waals surface area (Å²) in [5.74, 6) is 1.81. The highest BCUT2D eigenvalue weighted by Crippen LogP contribution is 2.30. The van der Waals surface area contributed by atoms with Gasteiger partial charge < -0.3 is 14.8 Å². The summed E-state index contributed by atoms with van der Waals surface area (Å²) in [6, 6.07) is 6.25. The summed E-state index contributed by atoms with van der Waals surface area (Å²) in [6.45, 7) is 3.87. The molecule has 1 fully saturated rings. The number of benzene rings is 1. The Morgan fingerprint density at radius 2 is 2.05 bits per heavy atom. The Bertz CT molecular complexity index is 432. The van der Waals surface area contributed by atoms with E-state index in [0.29, 0.717) is 0 Å². The Morgan fingerprint density at radius 1 is 1.21 bits per heavy atom. The third kappa shape index (κ3) is 3.50. The zero-order valence-corrected chi connectivity index (χ0v) is 12.6. The molecule has 1 aromatic carbocycles. The first-order chi connectivity index (χ1) is 9.31. The molecular formula is C15H20BrNO2. The number of nitrogens with one attached hydrogen (secondary N) is 1. The highest BCUT2D eigenvalue weighted by Gasteiger charge is 2.23. The minimum absolute atomic E-state index is 0.282. The van der Waals surface area contributed by atoms with E-state index in [0.717, 1.165) is 48.9 Å². The summed E-state index contributed by atoms with van der Waals surface area (Å²) in [6.07, 6.45) is 3.66. The Morgan fingerprint density at radius 3 is 2.89 bits per heavy atom. The summed E-state index contributed by atoms with van der Waals surface area (Å²) in [5, 5.41) is 3.55. The van der Waals surface area contributed by atoms with Crippen LogP contribution in [0.1, 0.15) is 18.4 Å². The Kier molecular flexibility index (Phi) is 4.41. The maximum atomic E-state index is 5.94. The molecule has 0 bridgehead atoms. The third-order valence-corrected chi connectivity index (χ3v) is 4.40. The van der Waals surface area contributed by atoms with Gasteiger partial charge in [-0.15, -0.1) is 0 Å². The number of fused-ring (bicyclic) bond motifs is 1. The van der Waals surface area contributed by atoms with E-state index in [2.05, 4.69) is 33.4 Å². The topological polar surface area (TPSA) is 30.5 Å². The van der Waals surface area contributed by atoms with Crippen molar-refractivity contribution < 1.29 is 9.47 Å². The van der Waals surface area contributed by atoms with Crippen LogP contribution in [-0.4, -0.2) is 32.4 Å². The summed E-state index contributed by atoms with van der Waals surface area (Å²) in [4.78, 5) is 0. The van der Waals surface area contributed by atoms with E-state index in [1.807, 2.05) is 6.07 Å². The maximum absolute atomic E-state index is 5.94. The smallest absolute Gasteiger partial charge is 0.123 e. The third-order valence-electron chi connectivity index (χ3n) is 3.91. The Balaban J connectivity index is 1.43. The van der Waals surface area contributed by atoms with Crippen LogP contribution in [0.5, 0.6) is 5.75 Å². The van der Waals surface area contributed by atoms with Crippen molar-refractivity contribution in [2.24, 2.45) is 5.92 Å². The van der Waals surface area contributed by atoms with Gasteiger partial charge in [0.15, 0.2) is 0 Å². The van der Waals surface area contributed by atoms with Crippen LogP contribution in [-0.2, 0) is 11.2 Å². The van der Waals surface area contributed by atoms with E-state index in [1.54, 1.807) is 0 Å². The second kappa shape index (κ2) is 6.25. The van der Waals surface area contributed by atoms with Gasteiger partial charge in [0.25, 0.3) is 0 Å². The van der Waals surface area contributed by atoms with Crippen LogP contribution in [0.25, 0.3) is 0 Å². The van der Waals surface area contributed by atoms with Crippen molar-refractivity contribution in [2.45, 2.75) is 25.4 Å². The van der Waals surface area contributed by atoms with E-state index in [1.165, 1.54) is 18.4 Å². The van der Waals surface area contributed by atoms with Crippen LogP contribution >= 0.6 is 15.9 Å². The van der Waals surface area contributed by atoms with E-state index < -0.39 is 0 Å². The van der Waals surface area contributed by atoms with Crippen molar-refractivity contribution in [3.8, 4) is 5.75 Å². The van der Waals surface area contributed by atoms with Crippen LogP contribution in [0, 0.1) is 5.92 Å². The highest BCUT2D eigenvalue weighted by molar-refractivity contribution is 9.10. The summed E-state index contributed by atoms with van der Waals surface area (Å²) >= 11 is 3.51. The SMILES string of the molecule is Brc1ccc2c(c1)CC(CNCC1CCOCC1)O2. The average Bonchev–Trinajstić information content (AvgIpc) is 2.82. The van der Waals surface area contributed by atoms with E-state index in [9.17, 15) is 0 Å². The molecular weight excluding hydrogens is 306 g/mol. The minimum Gasteiger partial charge on any atom is -0.488 e. The molecule has 0 amide bonds. The van der Waals surface area contributed by atoms with Crippen molar-refractivity contribution in [3.63, 3.8) is 0 Å². The molecule has 2 heterocycles. The summed E-state index contributed by atoms with van der Waals surface area (Å²) < 4.78 is 12.4. The van der Waals surface area contributed by atoms with Gasteiger partial charge in [0.1, 0.15) is 11.9 Å². The van der Waals surface area contributed by atoms with Gasteiger partial charge in [-0.2, -0.15) is 0 Å². The monoisotopic (exact) mass is 325 g/mol. The van der Waals surface area contributed by atoms with Gasteiger partial charge in [-0.1, -0.05) is 15.9 Å². The number of rotatable bonds is 4. The average molecular weight is 326 g/mol. The van der Waals surface area contributed by atoms with Crippen LogP contribution in [0.2, 0.25) is 0 Å². The zero-order valence-electron chi connectivity index (χ0n) is 11.0. The van der Waals surface area contributed by atoms with Gasteiger partial charge >= 0.3 is 0 Å². The predicted molar refractivity (Wildman–Crippen MR) is 78.7 cm³/mol. The molecule has 1 unspecified atom stereocenters. The first kappa shape index (κ1) is 13.4.